The minimum Gasteiger partial charge on any atom is -0.507 e. The van der Waals surface area contributed by atoms with Crippen molar-refractivity contribution in [1.29, 1.82) is 0 Å². The van der Waals surface area contributed by atoms with E-state index >= 15 is 0 Å². The second-order valence-electron chi connectivity index (χ2n) is 9.97. The van der Waals surface area contributed by atoms with E-state index in [0.29, 0.717) is 28.2 Å². The summed E-state index contributed by atoms with van der Waals surface area (Å²) in [4.78, 5) is 17.9. The van der Waals surface area contributed by atoms with Crippen LogP contribution in [0.25, 0.3) is 22.2 Å². The van der Waals surface area contributed by atoms with Gasteiger partial charge in [0.15, 0.2) is 5.82 Å². The van der Waals surface area contributed by atoms with Gasteiger partial charge < -0.3 is 21.1 Å². The predicted octanol–water partition coefficient (Wildman–Crippen LogP) is 3.24. The zero-order valence-corrected chi connectivity index (χ0v) is 19.2. The Labute approximate surface area is 187 Å². The third kappa shape index (κ3) is 4.36. The number of nitrogens with one attached hydrogen (secondary N) is 1. The number of aromatic nitrogens is 3. The number of nitrogens with two attached hydrogens (primary N) is 1. The van der Waals surface area contributed by atoms with E-state index in [4.69, 9.17) is 5.73 Å². The van der Waals surface area contributed by atoms with Crippen LogP contribution in [0.3, 0.4) is 0 Å². The summed E-state index contributed by atoms with van der Waals surface area (Å²) in [5, 5.41) is 23.8. The van der Waals surface area contributed by atoms with E-state index in [1.807, 2.05) is 12.1 Å². The van der Waals surface area contributed by atoms with Crippen LogP contribution in [0.4, 0.5) is 5.82 Å². The van der Waals surface area contributed by atoms with Crippen molar-refractivity contribution < 1.29 is 9.90 Å². The Hall–Kier alpha value is -3.26. The summed E-state index contributed by atoms with van der Waals surface area (Å²) in [5.41, 5.74) is 7.15. The quantitative estimate of drug-likeness (QED) is 0.577. The molecule has 3 heterocycles. The topological polar surface area (TPSA) is 117 Å². The lowest BCUT2D eigenvalue weighted by Gasteiger charge is -2.49. The molecule has 4 rings (SSSR count). The first-order valence-corrected chi connectivity index (χ1v) is 10.7. The number of anilines is 1. The lowest BCUT2D eigenvalue weighted by Crippen LogP contribution is -2.62. The third-order valence-electron chi connectivity index (χ3n) is 6.06. The molecule has 168 valence electrons. The summed E-state index contributed by atoms with van der Waals surface area (Å²) in [5.74, 6) is 0.253. The summed E-state index contributed by atoms with van der Waals surface area (Å²) in [7, 11) is 2.05. The molecule has 3 aromatic rings. The number of pyridine rings is 1. The molecule has 8 heteroatoms. The second-order valence-corrected chi connectivity index (χ2v) is 9.97. The molecule has 0 bridgehead atoms. The Morgan fingerprint density at radius 3 is 2.38 bits per heavy atom. The number of rotatable bonds is 4. The number of hydrogen-bond donors (Lipinski definition) is 3. The van der Waals surface area contributed by atoms with Gasteiger partial charge in [-0.25, -0.2) is 4.98 Å². The van der Waals surface area contributed by atoms with E-state index in [2.05, 4.69) is 60.1 Å². The first-order chi connectivity index (χ1) is 14.9. The third-order valence-corrected chi connectivity index (χ3v) is 6.06. The van der Waals surface area contributed by atoms with Gasteiger partial charge in [0, 0.05) is 35.1 Å². The molecule has 1 aromatic carbocycles. The summed E-state index contributed by atoms with van der Waals surface area (Å²) in [6.07, 6.45) is 1.99. The van der Waals surface area contributed by atoms with Crippen LogP contribution in [-0.4, -0.2) is 50.4 Å². The molecule has 1 saturated heterocycles. The summed E-state index contributed by atoms with van der Waals surface area (Å²) in [6.45, 7) is 8.90. The average Bonchev–Trinajstić information content (AvgIpc) is 2.70. The van der Waals surface area contributed by atoms with Gasteiger partial charge in [0.05, 0.1) is 11.2 Å². The molecular formula is C24H30N6O2. The molecule has 4 N–H and O–H groups in total. The van der Waals surface area contributed by atoms with E-state index in [-0.39, 0.29) is 22.5 Å². The maximum Gasteiger partial charge on any atom is 0.267 e. The monoisotopic (exact) mass is 434 g/mol. The maximum atomic E-state index is 11.5. The van der Waals surface area contributed by atoms with Crippen molar-refractivity contribution in [3.63, 3.8) is 0 Å². The minimum absolute atomic E-state index is 0.0295. The van der Waals surface area contributed by atoms with E-state index in [1.165, 1.54) is 6.07 Å². The highest BCUT2D eigenvalue weighted by Crippen LogP contribution is 2.34. The molecule has 32 heavy (non-hydrogen) atoms. The van der Waals surface area contributed by atoms with Gasteiger partial charge in [-0.05, 0) is 70.9 Å². The number of amides is 1. The second kappa shape index (κ2) is 7.70. The Morgan fingerprint density at radius 1 is 1.09 bits per heavy atom. The van der Waals surface area contributed by atoms with Crippen LogP contribution in [-0.2, 0) is 0 Å². The first kappa shape index (κ1) is 22.0. The first-order valence-electron chi connectivity index (χ1n) is 10.7. The average molecular weight is 435 g/mol. The number of benzene rings is 1. The maximum absolute atomic E-state index is 11.5. The lowest BCUT2D eigenvalue weighted by atomic mass is 9.79. The Morgan fingerprint density at radius 2 is 1.78 bits per heavy atom. The Bertz CT molecular complexity index is 1160. The molecular weight excluding hydrogens is 404 g/mol. The predicted molar refractivity (Wildman–Crippen MR) is 126 cm³/mol. The Balaban J connectivity index is 1.63. The van der Waals surface area contributed by atoms with Crippen molar-refractivity contribution in [1.82, 2.24) is 20.5 Å². The minimum atomic E-state index is -0.599. The van der Waals surface area contributed by atoms with Crippen molar-refractivity contribution in [2.24, 2.45) is 5.73 Å². The van der Waals surface area contributed by atoms with E-state index in [0.717, 1.165) is 18.7 Å². The molecule has 1 fully saturated rings. The van der Waals surface area contributed by atoms with Crippen LogP contribution in [0.2, 0.25) is 0 Å². The number of phenols is 1. The highest BCUT2D eigenvalue weighted by Gasteiger charge is 2.39. The highest BCUT2D eigenvalue weighted by molar-refractivity contribution is 5.95. The van der Waals surface area contributed by atoms with Crippen molar-refractivity contribution in [3.05, 3.63) is 42.1 Å². The molecule has 1 aliphatic heterocycles. The van der Waals surface area contributed by atoms with Gasteiger partial charge in [-0.15, -0.1) is 10.2 Å². The molecule has 2 aromatic heterocycles. The molecule has 0 spiro atoms. The molecule has 0 saturated carbocycles. The fourth-order valence-corrected chi connectivity index (χ4v) is 4.89. The number of phenolic OH excluding ortho intramolecular Hbond substituents is 1. The fourth-order valence-electron chi connectivity index (χ4n) is 4.89. The van der Waals surface area contributed by atoms with Crippen LogP contribution >= 0.6 is 0 Å². The summed E-state index contributed by atoms with van der Waals surface area (Å²) in [6, 6.07) is 10.6. The van der Waals surface area contributed by atoms with Crippen LogP contribution in [0.1, 0.15) is 51.0 Å². The van der Waals surface area contributed by atoms with Crippen LogP contribution < -0.4 is 16.0 Å². The number of nitrogens with zero attached hydrogens (tertiary/aromatic N) is 4. The van der Waals surface area contributed by atoms with Gasteiger partial charge >= 0.3 is 0 Å². The summed E-state index contributed by atoms with van der Waals surface area (Å²) >= 11 is 0. The van der Waals surface area contributed by atoms with Crippen molar-refractivity contribution >= 4 is 22.6 Å². The van der Waals surface area contributed by atoms with Gasteiger partial charge in [0.25, 0.3) is 5.91 Å². The normalized spacial score (nSPS) is 17.9. The summed E-state index contributed by atoms with van der Waals surface area (Å²) < 4.78 is 0. The molecule has 0 atom stereocenters. The zero-order chi connectivity index (χ0) is 23.3. The number of carbonyl (C=O) groups excluding carboxylic acids is 1. The van der Waals surface area contributed by atoms with E-state index in [9.17, 15) is 9.90 Å². The lowest BCUT2D eigenvalue weighted by molar-refractivity contribution is 0.0996. The molecule has 1 amide bonds. The largest absolute Gasteiger partial charge is 0.507 e. The number of aromatic hydroxyl groups is 1. The smallest absolute Gasteiger partial charge is 0.267 e. The molecule has 1 aliphatic rings. The zero-order valence-electron chi connectivity index (χ0n) is 19.2. The molecule has 0 aliphatic carbocycles. The number of hydrogen-bond acceptors (Lipinski definition) is 7. The van der Waals surface area contributed by atoms with Gasteiger partial charge in [0.2, 0.25) is 0 Å². The SMILES string of the molecule is CN(c1ccc(-c2cc3nc(C(N)=O)ccc3cc2O)nn1)C1CC(C)(C)NC(C)(C)C1. The number of fused-ring (bicyclic) bond motifs is 1. The number of primary amides is 1. The van der Waals surface area contributed by atoms with Crippen LogP contribution in [0, 0.1) is 0 Å². The van der Waals surface area contributed by atoms with E-state index < -0.39 is 5.91 Å². The fraction of sp³-hybridized carbons (Fsp3) is 0.417. The van der Waals surface area contributed by atoms with Gasteiger partial charge in [-0.3, -0.25) is 4.79 Å². The molecule has 0 radical (unpaired) electrons. The van der Waals surface area contributed by atoms with Gasteiger partial charge in [-0.1, -0.05) is 6.07 Å². The standard InChI is InChI=1S/C24H30N6O2/c1-23(2)12-15(13-24(3,4)29-23)30(5)21-9-8-17(27-28-21)16-11-19-14(10-20(16)31)6-7-18(26-19)22(25)32/h6-11,15,29,31H,12-13H2,1-5H3,(H2,25,32). The number of piperidine rings is 1. The van der Waals surface area contributed by atoms with E-state index in [1.54, 1.807) is 18.2 Å². The van der Waals surface area contributed by atoms with Gasteiger partial charge in [-0.2, -0.15) is 0 Å². The van der Waals surface area contributed by atoms with Crippen LogP contribution in [0.15, 0.2) is 36.4 Å². The number of carbonyl (C=O) groups is 1. The van der Waals surface area contributed by atoms with Crippen molar-refractivity contribution in [3.8, 4) is 17.0 Å². The molecule has 8 nitrogen and oxygen atoms in total. The molecule has 0 unspecified atom stereocenters. The van der Waals surface area contributed by atoms with Gasteiger partial charge in [0.1, 0.15) is 11.4 Å². The van der Waals surface area contributed by atoms with Crippen LogP contribution in [0.5, 0.6) is 5.75 Å². The Kier molecular flexibility index (Phi) is 5.29. The van der Waals surface area contributed by atoms with Crippen molar-refractivity contribution in [2.45, 2.75) is 57.7 Å². The highest BCUT2D eigenvalue weighted by atomic mass is 16.3. The van der Waals surface area contributed by atoms with Crippen molar-refractivity contribution in [2.75, 3.05) is 11.9 Å².